The molecule has 0 aromatic heterocycles. The summed E-state index contributed by atoms with van der Waals surface area (Å²) in [5, 5.41) is 9.73. The van der Waals surface area contributed by atoms with Gasteiger partial charge < -0.3 is 19.6 Å². The summed E-state index contributed by atoms with van der Waals surface area (Å²) in [6.45, 7) is 5.98. The van der Waals surface area contributed by atoms with Crippen molar-refractivity contribution in [3.05, 3.63) is 53.6 Å². The first kappa shape index (κ1) is 22.2. The molecule has 4 aliphatic rings. The van der Waals surface area contributed by atoms with Crippen LogP contribution in [-0.4, -0.2) is 69.6 Å². The Labute approximate surface area is 197 Å². The Bertz CT molecular complexity index is 1060. The Morgan fingerprint density at radius 1 is 1.18 bits per heavy atom. The average molecular weight is 469 g/mol. The van der Waals surface area contributed by atoms with Crippen molar-refractivity contribution < 1.29 is 24.2 Å². The molecule has 2 saturated heterocycles. The summed E-state index contributed by atoms with van der Waals surface area (Å²) >= 11 is 1.51. The van der Waals surface area contributed by atoms with Crippen LogP contribution in [0.3, 0.4) is 0 Å². The van der Waals surface area contributed by atoms with Gasteiger partial charge in [0.15, 0.2) is 0 Å². The van der Waals surface area contributed by atoms with Crippen molar-refractivity contribution in [1.82, 2.24) is 4.90 Å². The fraction of sp³-hybridized carbons (Fsp3) is 0.480. The molecular weight excluding hydrogens is 440 g/mol. The average Bonchev–Trinajstić information content (AvgIpc) is 3.09. The smallest absolute Gasteiger partial charge is 0.311 e. The topological polar surface area (TPSA) is 87.2 Å². The maximum atomic E-state index is 14.3. The van der Waals surface area contributed by atoms with E-state index in [9.17, 15) is 19.5 Å². The number of cyclic esters (lactones) is 1. The molecule has 8 heteroatoms. The van der Waals surface area contributed by atoms with Gasteiger partial charge in [-0.1, -0.05) is 42.5 Å². The molecule has 33 heavy (non-hydrogen) atoms. The lowest BCUT2D eigenvalue weighted by Crippen LogP contribution is -2.56. The molecular formula is C25H28N2O5S. The van der Waals surface area contributed by atoms with Gasteiger partial charge in [-0.15, -0.1) is 11.8 Å². The van der Waals surface area contributed by atoms with Gasteiger partial charge in [-0.2, -0.15) is 0 Å². The highest BCUT2D eigenvalue weighted by Gasteiger charge is 2.71. The molecule has 1 aromatic rings. The maximum absolute atomic E-state index is 14.3. The number of thioether (sulfide) groups is 1. The van der Waals surface area contributed by atoms with Gasteiger partial charge in [-0.3, -0.25) is 14.4 Å². The van der Waals surface area contributed by atoms with Crippen LogP contribution in [0.1, 0.15) is 18.1 Å². The zero-order valence-corrected chi connectivity index (χ0v) is 19.7. The van der Waals surface area contributed by atoms with Gasteiger partial charge in [0.25, 0.3) is 5.91 Å². The van der Waals surface area contributed by atoms with Crippen LogP contribution in [0.2, 0.25) is 0 Å². The number of benzene rings is 1. The largest absolute Gasteiger partial charge is 0.461 e. The number of ether oxygens (including phenoxy) is 1. The molecule has 0 radical (unpaired) electrons. The van der Waals surface area contributed by atoms with Crippen molar-refractivity contribution in [1.29, 1.82) is 0 Å². The van der Waals surface area contributed by atoms with Crippen molar-refractivity contribution >= 4 is 35.2 Å². The molecule has 1 unspecified atom stereocenters. The van der Waals surface area contributed by atoms with Crippen LogP contribution in [0.4, 0.5) is 5.69 Å². The van der Waals surface area contributed by atoms with Crippen molar-refractivity contribution in [2.45, 2.75) is 42.9 Å². The first-order chi connectivity index (χ1) is 15.8. The summed E-state index contributed by atoms with van der Waals surface area (Å²) in [5.74, 6) is -2.24. The second kappa shape index (κ2) is 8.02. The lowest BCUT2D eigenvalue weighted by atomic mass is 9.78. The number of hydrogen-bond acceptors (Lipinski definition) is 6. The van der Waals surface area contributed by atoms with E-state index < -0.39 is 34.6 Å². The minimum absolute atomic E-state index is 0.185. The standard InChI is InChI=1S/C25H28N2O5S/c1-14-7-4-8-15(2)20(14)26-11-6-10-25-19(18-17(33-25)9-5-12-32-24(18)31)22(29)27(16(3)13-28)21(25)23(26)30/h4-10,16-19,21,28H,11-13H2,1-3H3/t16-,17+,18-,19+,21?,25+/m1/s1. The number of fused-ring (bicyclic) bond motifs is 2. The van der Waals surface area contributed by atoms with E-state index in [-0.39, 0.29) is 30.3 Å². The third-order valence-electron chi connectivity index (χ3n) is 7.30. The summed E-state index contributed by atoms with van der Waals surface area (Å²) in [4.78, 5) is 44.3. The van der Waals surface area contributed by atoms with E-state index in [0.717, 1.165) is 16.8 Å². The summed E-state index contributed by atoms with van der Waals surface area (Å²) in [5.41, 5.74) is 2.80. The van der Waals surface area contributed by atoms with Gasteiger partial charge in [0, 0.05) is 17.5 Å². The lowest BCUT2D eigenvalue weighted by Gasteiger charge is -2.38. The molecule has 4 aliphatic heterocycles. The van der Waals surface area contributed by atoms with E-state index in [1.807, 2.05) is 56.4 Å². The molecule has 174 valence electrons. The SMILES string of the molecule is Cc1cccc(C)c1N1CC=C[C@]23S[C@H]4C=CCOC(=O)[C@H]4[C@H]2C(=O)N([C@H](C)CO)C3C1=O. The number of aryl methyl sites for hydroxylation is 2. The normalized spacial score (nSPS) is 33.9. The fourth-order valence-corrected chi connectivity index (χ4v) is 7.89. The van der Waals surface area contributed by atoms with Crippen molar-refractivity contribution in [2.75, 3.05) is 24.7 Å². The Morgan fingerprint density at radius 2 is 1.91 bits per heavy atom. The predicted octanol–water partition coefficient (Wildman–Crippen LogP) is 2.00. The van der Waals surface area contributed by atoms with Crippen molar-refractivity contribution in [3.63, 3.8) is 0 Å². The molecule has 4 heterocycles. The lowest BCUT2D eigenvalue weighted by molar-refractivity contribution is -0.152. The second-order valence-electron chi connectivity index (χ2n) is 9.27. The highest BCUT2D eigenvalue weighted by atomic mass is 32.2. The molecule has 0 aliphatic carbocycles. The van der Waals surface area contributed by atoms with Crippen molar-refractivity contribution in [2.24, 2.45) is 11.8 Å². The van der Waals surface area contributed by atoms with Crippen LogP contribution >= 0.6 is 11.8 Å². The zero-order valence-electron chi connectivity index (χ0n) is 18.9. The molecule has 1 spiro atoms. The van der Waals surface area contributed by atoms with E-state index >= 15 is 0 Å². The van der Waals surface area contributed by atoms with E-state index in [4.69, 9.17) is 4.74 Å². The minimum atomic E-state index is -0.904. The van der Waals surface area contributed by atoms with Crippen LogP contribution < -0.4 is 4.90 Å². The van der Waals surface area contributed by atoms with E-state index in [1.165, 1.54) is 16.7 Å². The third kappa shape index (κ3) is 3.10. The van der Waals surface area contributed by atoms with Crippen LogP contribution in [0.25, 0.3) is 0 Å². The predicted molar refractivity (Wildman–Crippen MR) is 126 cm³/mol. The quantitative estimate of drug-likeness (QED) is 0.539. The van der Waals surface area contributed by atoms with Crippen LogP contribution in [0, 0.1) is 25.7 Å². The number of esters is 1. The summed E-state index contributed by atoms with van der Waals surface area (Å²) < 4.78 is 4.47. The highest BCUT2D eigenvalue weighted by molar-refractivity contribution is 8.02. The Balaban J connectivity index is 1.67. The molecule has 2 fully saturated rings. The van der Waals surface area contributed by atoms with Gasteiger partial charge in [0.2, 0.25) is 5.91 Å². The van der Waals surface area contributed by atoms with E-state index in [0.29, 0.717) is 6.54 Å². The monoisotopic (exact) mass is 468 g/mol. The van der Waals surface area contributed by atoms with E-state index in [2.05, 4.69) is 0 Å². The number of likely N-dealkylation sites (tertiary alicyclic amines) is 1. The number of hydrogen-bond donors (Lipinski definition) is 1. The van der Waals surface area contributed by atoms with Gasteiger partial charge >= 0.3 is 5.97 Å². The number of nitrogens with zero attached hydrogens (tertiary/aromatic N) is 2. The van der Waals surface area contributed by atoms with Gasteiger partial charge in [0.1, 0.15) is 12.6 Å². The molecule has 1 N–H and O–H groups in total. The minimum Gasteiger partial charge on any atom is -0.461 e. The number of carbonyl (C=O) groups excluding carboxylic acids is 3. The molecule has 7 nitrogen and oxygen atoms in total. The summed E-state index contributed by atoms with van der Waals surface area (Å²) in [7, 11) is 0. The zero-order chi connectivity index (χ0) is 23.5. The number of para-hydroxylation sites is 1. The molecule has 2 amide bonds. The number of carbonyl (C=O) groups is 3. The Kier molecular flexibility index (Phi) is 5.40. The molecule has 6 atom stereocenters. The third-order valence-corrected chi connectivity index (χ3v) is 9.04. The molecule has 0 bridgehead atoms. The highest BCUT2D eigenvalue weighted by Crippen LogP contribution is 2.61. The van der Waals surface area contributed by atoms with Gasteiger partial charge in [0.05, 0.1) is 29.2 Å². The Morgan fingerprint density at radius 3 is 2.61 bits per heavy atom. The Hall–Kier alpha value is -2.58. The summed E-state index contributed by atoms with van der Waals surface area (Å²) in [6, 6.07) is 4.52. The fourth-order valence-electron chi connectivity index (χ4n) is 5.90. The van der Waals surface area contributed by atoms with E-state index in [1.54, 1.807) is 11.8 Å². The maximum Gasteiger partial charge on any atom is 0.311 e. The summed E-state index contributed by atoms with van der Waals surface area (Å²) in [6.07, 6.45) is 7.66. The number of rotatable bonds is 3. The van der Waals surface area contributed by atoms with Crippen molar-refractivity contribution in [3.8, 4) is 0 Å². The second-order valence-corrected chi connectivity index (χ2v) is 10.8. The van der Waals surface area contributed by atoms with Crippen LogP contribution in [0.15, 0.2) is 42.5 Å². The molecule has 5 rings (SSSR count). The number of aliphatic hydroxyl groups excluding tert-OH is 1. The molecule has 1 aromatic carbocycles. The number of anilines is 1. The molecule has 0 saturated carbocycles. The van der Waals surface area contributed by atoms with Gasteiger partial charge in [-0.05, 0) is 31.9 Å². The van der Waals surface area contributed by atoms with Crippen LogP contribution in [-0.2, 0) is 19.1 Å². The van der Waals surface area contributed by atoms with Crippen LogP contribution in [0.5, 0.6) is 0 Å². The van der Waals surface area contributed by atoms with Gasteiger partial charge in [-0.25, -0.2) is 0 Å². The first-order valence-electron chi connectivity index (χ1n) is 11.3. The first-order valence-corrected chi connectivity index (χ1v) is 12.2. The number of amides is 2. The number of aliphatic hydroxyl groups is 1.